The molecule has 0 unspecified atom stereocenters. The number of benzene rings is 2. The predicted molar refractivity (Wildman–Crippen MR) is 78.4 cm³/mol. The maximum atomic E-state index is 10.9. The summed E-state index contributed by atoms with van der Waals surface area (Å²) in [6.07, 6.45) is 0. The van der Waals surface area contributed by atoms with Crippen molar-refractivity contribution in [1.82, 2.24) is 0 Å². The Hall–Kier alpha value is -2.27. The summed E-state index contributed by atoms with van der Waals surface area (Å²) in [6, 6.07) is 12.0. The van der Waals surface area contributed by atoms with Gasteiger partial charge in [0.1, 0.15) is 5.75 Å². The minimum atomic E-state index is -0.455. The maximum Gasteiger partial charge on any atom is 0.275 e. The molecule has 0 atom stereocenters. The van der Waals surface area contributed by atoms with Crippen LogP contribution >= 0.6 is 11.6 Å². The van der Waals surface area contributed by atoms with Gasteiger partial charge in [0.05, 0.1) is 18.1 Å². The Bertz CT molecular complexity index is 632. The topological polar surface area (TPSA) is 64.4 Å². The number of hydrogen-bond donors (Lipinski definition) is 1. The molecular weight excluding hydrogens is 280 g/mol. The summed E-state index contributed by atoms with van der Waals surface area (Å²) in [6.45, 7) is 0.476. The molecule has 2 aromatic carbocycles. The number of nitrogens with zero attached hydrogens (tertiary/aromatic N) is 1. The van der Waals surface area contributed by atoms with Crippen molar-refractivity contribution in [3.05, 3.63) is 63.2 Å². The van der Waals surface area contributed by atoms with Crippen LogP contribution in [0.5, 0.6) is 5.75 Å². The van der Waals surface area contributed by atoms with Crippen molar-refractivity contribution in [3.63, 3.8) is 0 Å². The van der Waals surface area contributed by atoms with Gasteiger partial charge in [-0.3, -0.25) is 10.1 Å². The van der Waals surface area contributed by atoms with Crippen LogP contribution in [0.15, 0.2) is 42.5 Å². The van der Waals surface area contributed by atoms with Gasteiger partial charge in [-0.1, -0.05) is 29.8 Å². The summed E-state index contributed by atoms with van der Waals surface area (Å²) in [7, 11) is 1.47. The number of non-ortho nitro benzene ring substituents is 1. The molecule has 20 heavy (non-hydrogen) atoms. The third-order valence-electron chi connectivity index (χ3n) is 2.78. The Morgan fingerprint density at radius 2 is 2.05 bits per heavy atom. The lowest BCUT2D eigenvalue weighted by Gasteiger charge is -2.09. The second-order valence-electron chi connectivity index (χ2n) is 4.12. The van der Waals surface area contributed by atoms with E-state index in [1.165, 1.54) is 19.2 Å². The summed E-state index contributed by atoms with van der Waals surface area (Å²) in [4.78, 5) is 10.4. The minimum Gasteiger partial charge on any atom is -0.496 e. The van der Waals surface area contributed by atoms with Crippen molar-refractivity contribution < 1.29 is 9.66 Å². The molecule has 0 heterocycles. The van der Waals surface area contributed by atoms with E-state index in [9.17, 15) is 10.1 Å². The number of nitrogens with one attached hydrogen (secondary N) is 1. The number of hydrogen-bond acceptors (Lipinski definition) is 4. The lowest BCUT2D eigenvalue weighted by atomic mass is 10.2. The van der Waals surface area contributed by atoms with Crippen LogP contribution in [0.2, 0.25) is 5.02 Å². The molecule has 104 valence electrons. The van der Waals surface area contributed by atoms with E-state index in [2.05, 4.69) is 5.32 Å². The Morgan fingerprint density at radius 1 is 1.30 bits per heavy atom. The normalized spacial score (nSPS) is 10.1. The first-order valence-corrected chi connectivity index (χ1v) is 6.28. The highest BCUT2D eigenvalue weighted by atomic mass is 35.5. The SMILES string of the molecule is COc1cc(NCc2ccccc2Cl)cc([N+](=O)[O-])c1. The standard InChI is InChI=1S/C14H13ClN2O3/c1-20-13-7-11(6-12(8-13)17(18)19)16-9-10-4-2-3-5-14(10)15/h2-8,16H,9H2,1H3. The number of anilines is 1. The molecule has 6 heteroatoms. The lowest BCUT2D eigenvalue weighted by Crippen LogP contribution is -2.01. The van der Waals surface area contributed by atoms with Gasteiger partial charge >= 0.3 is 0 Å². The van der Waals surface area contributed by atoms with Crippen molar-refractivity contribution in [2.75, 3.05) is 12.4 Å². The van der Waals surface area contributed by atoms with Crippen LogP contribution in [0.1, 0.15) is 5.56 Å². The van der Waals surface area contributed by atoms with Crippen LogP contribution in [-0.2, 0) is 6.54 Å². The van der Waals surface area contributed by atoms with E-state index in [-0.39, 0.29) is 5.69 Å². The van der Waals surface area contributed by atoms with Gasteiger partial charge in [0.15, 0.2) is 0 Å². The van der Waals surface area contributed by atoms with Crippen LogP contribution < -0.4 is 10.1 Å². The van der Waals surface area contributed by atoms with Crippen molar-refractivity contribution in [2.24, 2.45) is 0 Å². The van der Waals surface area contributed by atoms with E-state index in [4.69, 9.17) is 16.3 Å². The van der Waals surface area contributed by atoms with Gasteiger partial charge in [-0.2, -0.15) is 0 Å². The van der Waals surface area contributed by atoms with E-state index >= 15 is 0 Å². The van der Waals surface area contributed by atoms with Gasteiger partial charge in [0, 0.05) is 29.4 Å². The molecule has 0 saturated heterocycles. The van der Waals surface area contributed by atoms with Gasteiger partial charge in [0.25, 0.3) is 5.69 Å². The molecule has 0 fully saturated rings. The Kier molecular flexibility index (Phi) is 4.42. The largest absolute Gasteiger partial charge is 0.496 e. The highest BCUT2D eigenvalue weighted by Crippen LogP contribution is 2.26. The predicted octanol–water partition coefficient (Wildman–Crippen LogP) is 3.87. The first-order valence-electron chi connectivity index (χ1n) is 5.91. The smallest absolute Gasteiger partial charge is 0.275 e. The number of ether oxygens (including phenoxy) is 1. The van der Waals surface area contributed by atoms with Gasteiger partial charge < -0.3 is 10.1 Å². The summed E-state index contributed by atoms with van der Waals surface area (Å²) in [5, 5.41) is 14.6. The van der Waals surface area contributed by atoms with Crippen LogP contribution in [-0.4, -0.2) is 12.0 Å². The molecule has 0 aliphatic rings. The fourth-order valence-electron chi connectivity index (χ4n) is 1.75. The van der Waals surface area contributed by atoms with Gasteiger partial charge in [0.2, 0.25) is 0 Å². The fraction of sp³-hybridized carbons (Fsp3) is 0.143. The van der Waals surface area contributed by atoms with Gasteiger partial charge in [-0.15, -0.1) is 0 Å². The molecule has 5 nitrogen and oxygen atoms in total. The Labute approximate surface area is 121 Å². The Morgan fingerprint density at radius 3 is 2.70 bits per heavy atom. The van der Waals surface area contributed by atoms with Crippen molar-refractivity contribution in [1.29, 1.82) is 0 Å². The van der Waals surface area contributed by atoms with E-state index in [1.54, 1.807) is 12.1 Å². The molecule has 2 rings (SSSR count). The van der Waals surface area contributed by atoms with Crippen LogP contribution in [0, 0.1) is 10.1 Å². The molecule has 0 spiro atoms. The average Bonchev–Trinajstić information content (AvgIpc) is 2.46. The molecule has 2 aromatic rings. The quantitative estimate of drug-likeness (QED) is 0.671. The second kappa shape index (κ2) is 6.25. The summed E-state index contributed by atoms with van der Waals surface area (Å²) in [5.74, 6) is 0.431. The lowest BCUT2D eigenvalue weighted by molar-refractivity contribution is -0.384. The van der Waals surface area contributed by atoms with Crippen molar-refractivity contribution >= 4 is 23.0 Å². The summed E-state index contributed by atoms with van der Waals surface area (Å²) < 4.78 is 5.05. The molecule has 0 aliphatic heterocycles. The number of methoxy groups -OCH3 is 1. The number of nitro benzene ring substituents is 1. The third-order valence-corrected chi connectivity index (χ3v) is 3.15. The molecule has 0 saturated carbocycles. The maximum absolute atomic E-state index is 10.9. The van der Waals surface area contributed by atoms with Crippen LogP contribution in [0.4, 0.5) is 11.4 Å². The molecule has 1 N–H and O–H groups in total. The highest BCUT2D eigenvalue weighted by Gasteiger charge is 2.10. The van der Waals surface area contributed by atoms with Crippen molar-refractivity contribution in [3.8, 4) is 5.75 Å². The molecule has 0 amide bonds. The zero-order valence-electron chi connectivity index (χ0n) is 10.8. The van der Waals surface area contributed by atoms with Crippen LogP contribution in [0.25, 0.3) is 0 Å². The van der Waals surface area contributed by atoms with Gasteiger partial charge in [-0.25, -0.2) is 0 Å². The molecule has 0 aromatic heterocycles. The summed E-state index contributed by atoms with van der Waals surface area (Å²) in [5.41, 5.74) is 1.50. The molecule has 0 aliphatic carbocycles. The first-order chi connectivity index (χ1) is 9.60. The first kappa shape index (κ1) is 14.1. The van der Waals surface area contributed by atoms with E-state index in [0.29, 0.717) is 23.0 Å². The van der Waals surface area contributed by atoms with Gasteiger partial charge in [-0.05, 0) is 11.6 Å². The zero-order valence-corrected chi connectivity index (χ0v) is 11.6. The fourth-order valence-corrected chi connectivity index (χ4v) is 1.95. The van der Waals surface area contributed by atoms with E-state index < -0.39 is 4.92 Å². The van der Waals surface area contributed by atoms with Crippen LogP contribution in [0.3, 0.4) is 0 Å². The number of nitro groups is 1. The summed E-state index contributed by atoms with van der Waals surface area (Å²) >= 11 is 6.06. The average molecular weight is 293 g/mol. The minimum absolute atomic E-state index is 0.0222. The number of halogens is 1. The third kappa shape index (κ3) is 3.39. The molecule has 0 radical (unpaired) electrons. The number of rotatable bonds is 5. The van der Waals surface area contributed by atoms with Crippen molar-refractivity contribution in [2.45, 2.75) is 6.54 Å². The second-order valence-corrected chi connectivity index (χ2v) is 4.53. The van der Waals surface area contributed by atoms with E-state index in [1.807, 2.05) is 18.2 Å². The zero-order chi connectivity index (χ0) is 14.5. The monoisotopic (exact) mass is 292 g/mol. The Balaban J connectivity index is 2.19. The molecule has 0 bridgehead atoms. The van der Waals surface area contributed by atoms with E-state index in [0.717, 1.165) is 5.56 Å². The highest BCUT2D eigenvalue weighted by molar-refractivity contribution is 6.31. The molecular formula is C14H13ClN2O3.